The highest BCUT2D eigenvalue weighted by Gasteiger charge is 2.31. The number of hydrazine groups is 1. The number of ether oxygens (including phenoxy) is 1. The summed E-state index contributed by atoms with van der Waals surface area (Å²) in [5.74, 6) is -0.921. The van der Waals surface area contributed by atoms with Gasteiger partial charge in [0.15, 0.2) is 0 Å². The van der Waals surface area contributed by atoms with Crippen molar-refractivity contribution < 1.29 is 23.8 Å². The number of hydrogen-bond acceptors (Lipinski definition) is 5. The molecule has 0 unspecified atom stereocenters. The number of halogens is 2. The smallest absolute Gasteiger partial charge is 0.327 e. The van der Waals surface area contributed by atoms with Crippen molar-refractivity contribution in [3.8, 4) is 0 Å². The average Bonchev–Trinajstić information content (AvgIpc) is 2.59. The summed E-state index contributed by atoms with van der Waals surface area (Å²) in [5, 5.41) is 12.8. The molecule has 1 aromatic rings. The number of esters is 1. The molecule has 1 saturated carbocycles. The van der Waals surface area contributed by atoms with Crippen LogP contribution in [0.2, 0.25) is 0 Å². The minimum Gasteiger partial charge on any atom is -0.459 e. The zero-order valence-electron chi connectivity index (χ0n) is 16.5. The van der Waals surface area contributed by atoms with E-state index in [1.165, 1.54) is 11.1 Å². The summed E-state index contributed by atoms with van der Waals surface area (Å²) in [7, 11) is 0. The van der Waals surface area contributed by atoms with Crippen LogP contribution in [0.25, 0.3) is 0 Å². The van der Waals surface area contributed by atoms with Crippen molar-refractivity contribution >= 4 is 28.3 Å². The Balaban J connectivity index is 2.22. The van der Waals surface area contributed by atoms with E-state index in [2.05, 4.69) is 15.9 Å². The third kappa shape index (κ3) is 6.83. The van der Waals surface area contributed by atoms with Gasteiger partial charge in [0.05, 0.1) is 6.10 Å². The SMILES string of the molecule is CC(C)(C)OC(=O)CN(C=O)N(Cc1ccc(Br)cc1F)C1CCC(O)CC1. The molecular formula is C20H28BrFN2O4. The van der Waals surface area contributed by atoms with E-state index < -0.39 is 17.4 Å². The summed E-state index contributed by atoms with van der Waals surface area (Å²) in [6.07, 6.45) is 2.71. The van der Waals surface area contributed by atoms with Gasteiger partial charge in [0.2, 0.25) is 6.41 Å². The van der Waals surface area contributed by atoms with Crippen molar-refractivity contribution in [2.45, 2.75) is 70.7 Å². The third-order valence-electron chi connectivity index (χ3n) is 4.60. The Labute approximate surface area is 173 Å². The summed E-state index contributed by atoms with van der Waals surface area (Å²) in [4.78, 5) is 24.1. The zero-order chi connectivity index (χ0) is 20.9. The second-order valence-electron chi connectivity index (χ2n) is 8.09. The van der Waals surface area contributed by atoms with Crippen molar-refractivity contribution in [3.05, 3.63) is 34.1 Å². The zero-order valence-corrected chi connectivity index (χ0v) is 18.1. The van der Waals surface area contributed by atoms with Crippen LogP contribution in [0.5, 0.6) is 0 Å². The van der Waals surface area contributed by atoms with Gasteiger partial charge in [-0.3, -0.25) is 14.6 Å². The molecule has 1 fully saturated rings. The Morgan fingerprint density at radius 3 is 2.50 bits per heavy atom. The highest BCUT2D eigenvalue weighted by Crippen LogP contribution is 2.27. The summed E-state index contributed by atoms with van der Waals surface area (Å²) >= 11 is 3.24. The van der Waals surface area contributed by atoms with E-state index in [0.29, 0.717) is 42.1 Å². The van der Waals surface area contributed by atoms with Crippen LogP contribution in [-0.2, 0) is 20.9 Å². The van der Waals surface area contributed by atoms with Gasteiger partial charge in [-0.05, 0) is 58.6 Å². The van der Waals surface area contributed by atoms with Crippen LogP contribution in [0.15, 0.2) is 22.7 Å². The lowest BCUT2D eigenvalue weighted by Crippen LogP contribution is -2.51. The van der Waals surface area contributed by atoms with Gasteiger partial charge in [0.25, 0.3) is 0 Å². The Hall–Kier alpha value is -1.51. The van der Waals surface area contributed by atoms with Crippen molar-refractivity contribution in [2.75, 3.05) is 6.54 Å². The lowest BCUT2D eigenvalue weighted by Gasteiger charge is -2.40. The van der Waals surface area contributed by atoms with E-state index in [1.807, 2.05) is 0 Å². The second kappa shape index (κ2) is 9.80. The van der Waals surface area contributed by atoms with E-state index in [0.717, 1.165) is 0 Å². The fourth-order valence-electron chi connectivity index (χ4n) is 3.31. The maximum atomic E-state index is 14.4. The molecule has 0 radical (unpaired) electrons. The molecule has 8 heteroatoms. The Bertz CT molecular complexity index is 687. The van der Waals surface area contributed by atoms with Crippen LogP contribution in [0.3, 0.4) is 0 Å². The number of aliphatic hydroxyl groups excluding tert-OH is 1. The molecule has 0 aromatic heterocycles. The number of amides is 1. The minimum atomic E-state index is -0.663. The van der Waals surface area contributed by atoms with Gasteiger partial charge in [-0.15, -0.1) is 0 Å². The molecule has 2 rings (SSSR count). The quantitative estimate of drug-likeness (QED) is 0.385. The molecule has 1 amide bonds. The maximum Gasteiger partial charge on any atom is 0.327 e. The van der Waals surface area contributed by atoms with Gasteiger partial charge < -0.3 is 9.84 Å². The van der Waals surface area contributed by atoms with Crippen molar-refractivity contribution in [2.24, 2.45) is 0 Å². The lowest BCUT2D eigenvalue weighted by molar-refractivity contribution is -0.169. The van der Waals surface area contributed by atoms with Crippen molar-refractivity contribution in [1.29, 1.82) is 0 Å². The number of carbonyl (C=O) groups is 2. The molecule has 0 aliphatic heterocycles. The molecule has 0 bridgehead atoms. The fraction of sp³-hybridized carbons (Fsp3) is 0.600. The topological polar surface area (TPSA) is 70.1 Å². The van der Waals surface area contributed by atoms with Crippen LogP contribution in [0, 0.1) is 5.82 Å². The molecule has 0 spiro atoms. The predicted octanol–water partition coefficient (Wildman–Crippen LogP) is 3.41. The molecule has 6 nitrogen and oxygen atoms in total. The standard InChI is InChI=1S/C20H28BrFN2O4/c1-20(2,3)28-19(27)12-23(13-25)24(16-6-8-17(26)9-7-16)11-14-4-5-15(21)10-18(14)22/h4-5,10,13,16-17,26H,6-9,11-12H2,1-3H3. The van der Waals surface area contributed by atoms with Gasteiger partial charge in [-0.25, -0.2) is 9.40 Å². The summed E-state index contributed by atoms with van der Waals surface area (Å²) < 4.78 is 20.4. The van der Waals surface area contributed by atoms with E-state index in [4.69, 9.17) is 4.74 Å². The van der Waals surface area contributed by atoms with Gasteiger partial charge in [-0.1, -0.05) is 22.0 Å². The molecule has 0 atom stereocenters. The van der Waals surface area contributed by atoms with Gasteiger partial charge in [-0.2, -0.15) is 0 Å². The molecule has 1 aliphatic carbocycles. The number of carbonyl (C=O) groups excluding carboxylic acids is 2. The Kier molecular flexibility index (Phi) is 7.97. The minimum absolute atomic E-state index is 0.0842. The van der Waals surface area contributed by atoms with E-state index in [9.17, 15) is 19.1 Å². The highest BCUT2D eigenvalue weighted by molar-refractivity contribution is 9.10. The van der Waals surface area contributed by atoms with Crippen LogP contribution in [-0.4, -0.2) is 51.8 Å². The lowest BCUT2D eigenvalue weighted by atomic mass is 9.92. The molecule has 0 saturated heterocycles. The van der Waals surface area contributed by atoms with Gasteiger partial charge in [0.1, 0.15) is 18.0 Å². The summed E-state index contributed by atoms with van der Waals surface area (Å²) in [5.41, 5.74) is -0.242. The van der Waals surface area contributed by atoms with Crippen LogP contribution in [0.4, 0.5) is 4.39 Å². The highest BCUT2D eigenvalue weighted by atomic mass is 79.9. The summed E-state index contributed by atoms with van der Waals surface area (Å²) in [6.45, 7) is 5.16. The first-order valence-corrected chi connectivity index (χ1v) is 10.2. The Morgan fingerprint density at radius 2 is 1.96 bits per heavy atom. The molecule has 28 heavy (non-hydrogen) atoms. The number of hydrogen-bond donors (Lipinski definition) is 1. The fourth-order valence-corrected chi connectivity index (χ4v) is 3.64. The molecule has 0 heterocycles. The number of rotatable bonds is 7. The molecule has 1 N–H and O–H groups in total. The largest absolute Gasteiger partial charge is 0.459 e. The normalized spacial score (nSPS) is 20.1. The third-order valence-corrected chi connectivity index (χ3v) is 5.09. The van der Waals surface area contributed by atoms with E-state index in [-0.39, 0.29) is 25.2 Å². The summed E-state index contributed by atoms with van der Waals surface area (Å²) in [6, 6.07) is 4.68. The number of nitrogens with zero attached hydrogens (tertiary/aromatic N) is 2. The first kappa shape index (κ1) is 22.8. The molecule has 1 aromatic carbocycles. The second-order valence-corrected chi connectivity index (χ2v) is 9.00. The van der Waals surface area contributed by atoms with Crippen molar-refractivity contribution in [3.63, 3.8) is 0 Å². The molecule has 1 aliphatic rings. The molecule has 156 valence electrons. The molecular weight excluding hydrogens is 431 g/mol. The van der Waals surface area contributed by atoms with Gasteiger partial charge in [0, 0.05) is 22.6 Å². The first-order chi connectivity index (χ1) is 13.1. The van der Waals surface area contributed by atoms with Crippen LogP contribution in [0.1, 0.15) is 52.0 Å². The number of aliphatic hydroxyl groups is 1. The average molecular weight is 459 g/mol. The van der Waals surface area contributed by atoms with E-state index in [1.54, 1.807) is 37.9 Å². The van der Waals surface area contributed by atoms with Crippen LogP contribution < -0.4 is 0 Å². The first-order valence-electron chi connectivity index (χ1n) is 9.41. The Morgan fingerprint density at radius 1 is 1.32 bits per heavy atom. The maximum absolute atomic E-state index is 14.4. The predicted molar refractivity (Wildman–Crippen MR) is 107 cm³/mol. The van der Waals surface area contributed by atoms with Crippen LogP contribution >= 0.6 is 15.9 Å². The van der Waals surface area contributed by atoms with E-state index >= 15 is 0 Å². The van der Waals surface area contributed by atoms with Crippen molar-refractivity contribution in [1.82, 2.24) is 10.0 Å². The van der Waals surface area contributed by atoms with Gasteiger partial charge >= 0.3 is 5.97 Å². The monoisotopic (exact) mass is 458 g/mol. The number of benzene rings is 1.